The van der Waals surface area contributed by atoms with Gasteiger partial charge in [0.2, 0.25) is 11.8 Å². The van der Waals surface area contributed by atoms with Gasteiger partial charge in [0.05, 0.1) is 24.2 Å². The Bertz CT molecular complexity index is 809. The summed E-state index contributed by atoms with van der Waals surface area (Å²) in [7, 11) is 1.55. The summed E-state index contributed by atoms with van der Waals surface area (Å²) in [6.45, 7) is 3.66. The third-order valence-electron chi connectivity index (χ3n) is 4.01. The van der Waals surface area contributed by atoms with Crippen LogP contribution in [0.1, 0.15) is 19.8 Å². The summed E-state index contributed by atoms with van der Waals surface area (Å²) in [6, 6.07) is 7.56. The fraction of sp³-hybridized carbons (Fsp3) is 0.500. The first-order valence-electron chi connectivity index (χ1n) is 8.78. The van der Waals surface area contributed by atoms with E-state index in [4.69, 9.17) is 4.74 Å². The van der Waals surface area contributed by atoms with Crippen LogP contribution < -0.4 is 16.3 Å². The molecule has 2 N–H and O–H groups in total. The van der Waals surface area contributed by atoms with Gasteiger partial charge in [0.1, 0.15) is 0 Å². The van der Waals surface area contributed by atoms with Crippen LogP contribution in [0, 0.1) is 0 Å². The molecule has 2 amide bonds. The van der Waals surface area contributed by atoms with Gasteiger partial charge in [-0.1, -0.05) is 19.1 Å². The van der Waals surface area contributed by atoms with E-state index < -0.39 is 0 Å². The maximum atomic E-state index is 12.6. The minimum atomic E-state index is -0.272. The number of nitrogens with one attached hydrogen (secondary N) is 2. The molecule has 0 spiro atoms. The van der Waals surface area contributed by atoms with Crippen LogP contribution in [0.5, 0.6) is 0 Å². The van der Waals surface area contributed by atoms with Crippen molar-refractivity contribution in [1.29, 1.82) is 0 Å². The van der Waals surface area contributed by atoms with Crippen LogP contribution in [-0.4, -0.2) is 47.8 Å². The van der Waals surface area contributed by atoms with Gasteiger partial charge in [-0.15, -0.1) is 0 Å². The third kappa shape index (κ3) is 4.95. The topological polar surface area (TPSA) is 94.4 Å². The van der Waals surface area contributed by atoms with E-state index in [1.165, 1.54) is 0 Å². The molecular formula is C18H26N4O4. The van der Waals surface area contributed by atoms with Crippen molar-refractivity contribution in [3.05, 3.63) is 34.7 Å². The van der Waals surface area contributed by atoms with Crippen LogP contribution in [0.4, 0.5) is 0 Å². The molecule has 0 saturated carbocycles. The molecule has 8 heteroatoms. The number of fused-ring (bicyclic) bond motifs is 1. The van der Waals surface area contributed by atoms with Crippen LogP contribution >= 0.6 is 0 Å². The number of carbonyl (C=O) groups is 2. The average molecular weight is 362 g/mol. The Kier molecular flexibility index (Phi) is 7.40. The predicted molar refractivity (Wildman–Crippen MR) is 99.0 cm³/mol. The van der Waals surface area contributed by atoms with E-state index in [1.54, 1.807) is 16.2 Å². The fourth-order valence-corrected chi connectivity index (χ4v) is 2.76. The van der Waals surface area contributed by atoms with Gasteiger partial charge in [-0.2, -0.15) is 0 Å². The lowest BCUT2D eigenvalue weighted by atomic mass is 10.3. The number of aryl methyl sites for hydroxylation is 2. The number of hydrogen-bond acceptors (Lipinski definition) is 4. The van der Waals surface area contributed by atoms with Gasteiger partial charge in [-0.05, 0) is 18.6 Å². The molecule has 1 aromatic heterocycles. The number of methoxy groups -OCH3 is 1. The van der Waals surface area contributed by atoms with Crippen molar-refractivity contribution >= 4 is 22.8 Å². The normalized spacial score (nSPS) is 10.8. The largest absolute Gasteiger partial charge is 0.383 e. The molecule has 0 atom stereocenters. The van der Waals surface area contributed by atoms with Gasteiger partial charge in [0.15, 0.2) is 0 Å². The second-order valence-electron chi connectivity index (χ2n) is 5.94. The van der Waals surface area contributed by atoms with E-state index in [2.05, 4.69) is 10.6 Å². The maximum Gasteiger partial charge on any atom is 0.329 e. The molecule has 1 heterocycles. The zero-order valence-electron chi connectivity index (χ0n) is 15.3. The minimum Gasteiger partial charge on any atom is -0.383 e. The molecule has 0 aliphatic carbocycles. The molecular weight excluding hydrogens is 336 g/mol. The standard InChI is InChI=1S/C18H26N4O4/c1-3-10-21-14-6-4-5-7-15(14)22(18(21)25)11-8-16(23)20-13-17(24)19-9-12-26-2/h4-7H,3,8-13H2,1-2H3,(H,19,24)(H,20,23). The Morgan fingerprint density at radius 2 is 1.69 bits per heavy atom. The lowest BCUT2D eigenvalue weighted by molar-refractivity contribution is -0.126. The molecule has 0 saturated heterocycles. The molecule has 8 nitrogen and oxygen atoms in total. The number of nitrogens with zero attached hydrogens (tertiary/aromatic N) is 2. The highest BCUT2D eigenvalue weighted by molar-refractivity contribution is 5.84. The number of benzene rings is 1. The summed E-state index contributed by atoms with van der Waals surface area (Å²) in [5.74, 6) is -0.543. The predicted octanol–water partition coefficient (Wildman–Crippen LogP) is 0.482. The van der Waals surface area contributed by atoms with E-state index in [9.17, 15) is 14.4 Å². The van der Waals surface area contributed by atoms with Gasteiger partial charge in [0.25, 0.3) is 0 Å². The first-order valence-corrected chi connectivity index (χ1v) is 8.78. The van der Waals surface area contributed by atoms with Crippen LogP contribution in [0.25, 0.3) is 11.0 Å². The maximum absolute atomic E-state index is 12.6. The highest BCUT2D eigenvalue weighted by Crippen LogP contribution is 2.13. The molecule has 0 aliphatic heterocycles. The Hall–Kier alpha value is -2.61. The molecule has 26 heavy (non-hydrogen) atoms. The number of amides is 2. The zero-order chi connectivity index (χ0) is 18.9. The summed E-state index contributed by atoms with van der Waals surface area (Å²) in [5, 5.41) is 5.19. The van der Waals surface area contributed by atoms with Crippen LogP contribution in [-0.2, 0) is 27.4 Å². The van der Waals surface area contributed by atoms with Crippen molar-refractivity contribution in [2.24, 2.45) is 0 Å². The highest BCUT2D eigenvalue weighted by atomic mass is 16.5. The molecule has 0 bridgehead atoms. The van der Waals surface area contributed by atoms with Crippen molar-refractivity contribution in [2.75, 3.05) is 26.8 Å². The van der Waals surface area contributed by atoms with Gasteiger partial charge in [0, 0.05) is 33.2 Å². The Morgan fingerprint density at radius 3 is 2.31 bits per heavy atom. The average Bonchev–Trinajstić information content (AvgIpc) is 2.90. The SMILES string of the molecule is CCCn1c(=O)n(CCC(=O)NCC(=O)NCCOC)c2ccccc21. The van der Waals surface area contributed by atoms with E-state index in [-0.39, 0.29) is 37.0 Å². The molecule has 0 unspecified atom stereocenters. The summed E-state index contributed by atoms with van der Waals surface area (Å²) in [5.41, 5.74) is 1.58. The molecule has 142 valence electrons. The van der Waals surface area contributed by atoms with E-state index >= 15 is 0 Å². The quantitative estimate of drug-likeness (QED) is 0.601. The number of carbonyl (C=O) groups excluding carboxylic acids is 2. The highest BCUT2D eigenvalue weighted by Gasteiger charge is 2.13. The monoisotopic (exact) mass is 362 g/mol. The van der Waals surface area contributed by atoms with Gasteiger partial charge in [-0.25, -0.2) is 4.79 Å². The third-order valence-corrected chi connectivity index (χ3v) is 4.01. The van der Waals surface area contributed by atoms with Crippen molar-refractivity contribution < 1.29 is 14.3 Å². The number of rotatable bonds is 10. The number of aromatic nitrogens is 2. The Morgan fingerprint density at radius 1 is 1.04 bits per heavy atom. The van der Waals surface area contributed by atoms with E-state index in [0.29, 0.717) is 19.7 Å². The van der Waals surface area contributed by atoms with Crippen LogP contribution in [0.15, 0.2) is 29.1 Å². The summed E-state index contributed by atoms with van der Waals surface area (Å²) in [6.07, 6.45) is 0.984. The Balaban J connectivity index is 1.95. The lowest BCUT2D eigenvalue weighted by Crippen LogP contribution is -2.38. The summed E-state index contributed by atoms with van der Waals surface area (Å²) in [4.78, 5) is 36.2. The van der Waals surface area contributed by atoms with E-state index in [0.717, 1.165) is 17.5 Å². The van der Waals surface area contributed by atoms with Gasteiger partial charge in [-0.3, -0.25) is 18.7 Å². The second-order valence-corrected chi connectivity index (χ2v) is 5.94. The van der Waals surface area contributed by atoms with Crippen LogP contribution in [0.2, 0.25) is 0 Å². The van der Waals surface area contributed by atoms with Crippen molar-refractivity contribution in [2.45, 2.75) is 32.9 Å². The first kappa shape index (κ1) is 19.7. The molecule has 1 aromatic carbocycles. The molecule has 0 radical (unpaired) electrons. The molecule has 0 fully saturated rings. The molecule has 0 aliphatic rings. The van der Waals surface area contributed by atoms with Crippen molar-refractivity contribution in [1.82, 2.24) is 19.8 Å². The zero-order valence-corrected chi connectivity index (χ0v) is 15.3. The second kappa shape index (κ2) is 9.76. The Labute approximate surface area is 152 Å². The van der Waals surface area contributed by atoms with Crippen LogP contribution in [0.3, 0.4) is 0 Å². The minimum absolute atomic E-state index is 0.0883. The molecule has 2 rings (SSSR count). The summed E-state index contributed by atoms with van der Waals surface area (Å²) < 4.78 is 8.18. The first-order chi connectivity index (χ1) is 12.6. The van der Waals surface area contributed by atoms with Gasteiger partial charge < -0.3 is 15.4 Å². The van der Waals surface area contributed by atoms with Crippen molar-refractivity contribution in [3.63, 3.8) is 0 Å². The van der Waals surface area contributed by atoms with E-state index in [1.807, 2.05) is 31.2 Å². The molecule has 2 aromatic rings. The van der Waals surface area contributed by atoms with Gasteiger partial charge >= 0.3 is 5.69 Å². The number of imidazole rings is 1. The number of ether oxygens (including phenoxy) is 1. The smallest absolute Gasteiger partial charge is 0.329 e. The lowest BCUT2D eigenvalue weighted by Gasteiger charge is -2.07. The summed E-state index contributed by atoms with van der Waals surface area (Å²) >= 11 is 0. The number of hydrogen-bond donors (Lipinski definition) is 2. The number of para-hydroxylation sites is 2. The van der Waals surface area contributed by atoms with Crippen molar-refractivity contribution in [3.8, 4) is 0 Å². The fourth-order valence-electron chi connectivity index (χ4n) is 2.76.